The second-order valence-corrected chi connectivity index (χ2v) is 8.96. The van der Waals surface area contributed by atoms with Gasteiger partial charge >= 0.3 is 0 Å². The van der Waals surface area contributed by atoms with Crippen LogP contribution in [0.5, 0.6) is 0 Å². The van der Waals surface area contributed by atoms with E-state index >= 15 is 0 Å². The van der Waals surface area contributed by atoms with E-state index in [1.165, 1.54) is 12.8 Å². The number of imidazole rings is 1. The molecule has 1 aliphatic carbocycles. The Labute approximate surface area is 182 Å². The highest BCUT2D eigenvalue weighted by Crippen LogP contribution is 2.29. The molecule has 1 atom stereocenters. The van der Waals surface area contributed by atoms with Crippen molar-refractivity contribution in [2.75, 3.05) is 13.1 Å². The summed E-state index contributed by atoms with van der Waals surface area (Å²) in [6, 6.07) is 10.5. The predicted octanol–water partition coefficient (Wildman–Crippen LogP) is 3.07. The normalized spacial score (nSPS) is 22.3. The fourth-order valence-electron chi connectivity index (χ4n) is 5.06. The summed E-state index contributed by atoms with van der Waals surface area (Å²) in [6.45, 7) is 2.23. The van der Waals surface area contributed by atoms with Crippen molar-refractivity contribution >= 4 is 11.8 Å². The van der Waals surface area contributed by atoms with E-state index in [-0.39, 0.29) is 23.8 Å². The van der Waals surface area contributed by atoms with Crippen molar-refractivity contribution in [1.82, 2.24) is 19.8 Å². The number of rotatable bonds is 4. The zero-order valence-corrected chi connectivity index (χ0v) is 17.8. The molecule has 1 saturated carbocycles. The lowest BCUT2D eigenvalue weighted by atomic mass is 9.95. The van der Waals surface area contributed by atoms with E-state index in [1.54, 1.807) is 6.33 Å². The molecule has 164 valence electrons. The Morgan fingerprint density at radius 1 is 1.03 bits per heavy atom. The van der Waals surface area contributed by atoms with Gasteiger partial charge in [0.1, 0.15) is 6.10 Å². The van der Waals surface area contributed by atoms with E-state index in [0.717, 1.165) is 24.1 Å². The van der Waals surface area contributed by atoms with Crippen LogP contribution >= 0.6 is 0 Å². The molecule has 2 amide bonds. The van der Waals surface area contributed by atoms with Gasteiger partial charge in [0.05, 0.1) is 25.2 Å². The first kappa shape index (κ1) is 20.2. The summed E-state index contributed by atoms with van der Waals surface area (Å²) in [5, 5.41) is 3.20. The zero-order valence-electron chi connectivity index (χ0n) is 17.8. The van der Waals surface area contributed by atoms with Crippen molar-refractivity contribution < 1.29 is 14.3 Å². The van der Waals surface area contributed by atoms with Gasteiger partial charge < -0.3 is 19.5 Å². The van der Waals surface area contributed by atoms with Gasteiger partial charge in [-0.1, -0.05) is 43.2 Å². The summed E-state index contributed by atoms with van der Waals surface area (Å²) in [7, 11) is 0. The van der Waals surface area contributed by atoms with Gasteiger partial charge in [0.2, 0.25) is 5.91 Å². The number of ether oxygens (including phenoxy) is 1. The smallest absolute Gasteiger partial charge is 0.274 e. The molecule has 3 heterocycles. The highest BCUT2D eigenvalue weighted by Gasteiger charge is 2.32. The number of carbonyl (C=O) groups excluding carboxylic acids is 2. The minimum absolute atomic E-state index is 0.00975. The largest absolute Gasteiger partial charge is 0.365 e. The Morgan fingerprint density at radius 3 is 2.52 bits per heavy atom. The van der Waals surface area contributed by atoms with Crippen LogP contribution in [0.25, 0.3) is 0 Å². The second-order valence-electron chi connectivity index (χ2n) is 8.96. The number of hydrogen-bond donors (Lipinski definition) is 1. The number of likely N-dealkylation sites (tertiary alicyclic amines) is 1. The maximum Gasteiger partial charge on any atom is 0.274 e. The molecule has 7 nitrogen and oxygen atoms in total. The third kappa shape index (κ3) is 4.24. The number of hydrogen-bond acceptors (Lipinski definition) is 4. The van der Waals surface area contributed by atoms with Gasteiger partial charge in [-0.3, -0.25) is 9.59 Å². The van der Waals surface area contributed by atoms with Crippen LogP contribution in [0, 0.1) is 5.92 Å². The highest BCUT2D eigenvalue weighted by atomic mass is 16.5. The van der Waals surface area contributed by atoms with Crippen molar-refractivity contribution in [3.05, 3.63) is 53.6 Å². The quantitative estimate of drug-likeness (QED) is 0.822. The van der Waals surface area contributed by atoms with Gasteiger partial charge in [-0.25, -0.2) is 4.98 Å². The molecule has 2 fully saturated rings. The Morgan fingerprint density at radius 2 is 1.77 bits per heavy atom. The summed E-state index contributed by atoms with van der Waals surface area (Å²) >= 11 is 0. The molecule has 0 radical (unpaired) electrons. The lowest BCUT2D eigenvalue weighted by Crippen LogP contribution is -2.45. The molecule has 0 spiro atoms. The second kappa shape index (κ2) is 8.83. The Hall–Kier alpha value is -2.67. The number of aromatic nitrogens is 2. The number of nitrogens with one attached hydrogen (secondary N) is 1. The minimum atomic E-state index is -0.0508. The van der Waals surface area contributed by atoms with Crippen LogP contribution in [0.4, 0.5) is 0 Å². The molecule has 0 bridgehead atoms. The fraction of sp³-hybridized carbons (Fsp3) is 0.542. The van der Waals surface area contributed by atoms with Crippen LogP contribution in [0.15, 0.2) is 36.7 Å². The summed E-state index contributed by atoms with van der Waals surface area (Å²) in [6.07, 6.45) is 7.78. The van der Waals surface area contributed by atoms with Gasteiger partial charge in [0.15, 0.2) is 5.69 Å². The van der Waals surface area contributed by atoms with Crippen molar-refractivity contribution in [2.24, 2.45) is 5.92 Å². The first-order valence-electron chi connectivity index (χ1n) is 11.5. The Balaban J connectivity index is 1.18. The molecule has 1 unspecified atom stereocenters. The molecular weight excluding hydrogens is 392 g/mol. The first-order chi connectivity index (χ1) is 15.2. The summed E-state index contributed by atoms with van der Waals surface area (Å²) < 4.78 is 8.09. The van der Waals surface area contributed by atoms with Crippen LogP contribution in [0.3, 0.4) is 0 Å². The number of fused-ring (bicyclic) bond motifs is 1. The van der Waals surface area contributed by atoms with Crippen LogP contribution in [-0.4, -0.2) is 45.4 Å². The summed E-state index contributed by atoms with van der Waals surface area (Å²) in [5.41, 5.74) is 2.46. The molecule has 3 aliphatic rings. The van der Waals surface area contributed by atoms with Crippen LogP contribution in [0.1, 0.15) is 66.4 Å². The molecule has 31 heavy (non-hydrogen) atoms. The van der Waals surface area contributed by atoms with E-state index < -0.39 is 0 Å². The van der Waals surface area contributed by atoms with Gasteiger partial charge in [0.25, 0.3) is 5.91 Å². The third-order valence-corrected chi connectivity index (χ3v) is 6.96. The number of nitrogens with zero attached hydrogens (tertiary/aromatic N) is 3. The number of benzene rings is 1. The lowest BCUT2D eigenvalue weighted by Gasteiger charge is -2.32. The predicted molar refractivity (Wildman–Crippen MR) is 115 cm³/mol. The van der Waals surface area contributed by atoms with Crippen molar-refractivity contribution in [2.45, 2.75) is 63.8 Å². The molecule has 7 heteroatoms. The molecule has 1 aromatic heterocycles. The van der Waals surface area contributed by atoms with Crippen molar-refractivity contribution in [1.29, 1.82) is 0 Å². The first-order valence-corrected chi connectivity index (χ1v) is 11.5. The Kier molecular flexibility index (Phi) is 5.76. The third-order valence-electron chi connectivity index (χ3n) is 6.96. The van der Waals surface area contributed by atoms with E-state index in [1.807, 2.05) is 27.7 Å². The standard InChI is InChI=1S/C24H30N4O3/c29-23(26-19-8-4-5-9-19)18-10-12-27(13-11-18)24(30)22-20-15-31-21(14-28(20)16-25-22)17-6-2-1-3-7-17/h1-3,6-7,16,18-19,21H,4-5,8-15H2,(H,26,29). The van der Waals surface area contributed by atoms with Crippen LogP contribution in [-0.2, 0) is 22.7 Å². The number of amides is 2. The lowest BCUT2D eigenvalue weighted by molar-refractivity contribution is -0.127. The Bertz CT molecular complexity index is 928. The molecular formula is C24H30N4O3. The van der Waals surface area contributed by atoms with Gasteiger partial charge in [-0.15, -0.1) is 0 Å². The van der Waals surface area contributed by atoms with Crippen LogP contribution < -0.4 is 5.32 Å². The van der Waals surface area contributed by atoms with Gasteiger partial charge in [-0.05, 0) is 31.2 Å². The number of carbonyl (C=O) groups is 2. The molecule has 2 aliphatic heterocycles. The molecule has 1 aromatic carbocycles. The van der Waals surface area contributed by atoms with Crippen molar-refractivity contribution in [3.8, 4) is 0 Å². The fourth-order valence-corrected chi connectivity index (χ4v) is 5.06. The van der Waals surface area contributed by atoms with Crippen molar-refractivity contribution in [3.63, 3.8) is 0 Å². The van der Waals surface area contributed by atoms with E-state index in [0.29, 0.717) is 50.8 Å². The SMILES string of the molecule is O=C(NC1CCCC1)C1CCN(C(=O)c2ncn3c2COC(c2ccccc2)C3)CC1. The summed E-state index contributed by atoms with van der Waals surface area (Å²) in [4.78, 5) is 32.0. The summed E-state index contributed by atoms with van der Waals surface area (Å²) in [5.74, 6) is 0.124. The van der Waals surface area contributed by atoms with E-state index in [2.05, 4.69) is 22.4 Å². The molecule has 1 N–H and O–H groups in total. The minimum Gasteiger partial charge on any atom is -0.365 e. The maximum atomic E-state index is 13.1. The molecule has 2 aromatic rings. The van der Waals surface area contributed by atoms with Crippen LogP contribution in [0.2, 0.25) is 0 Å². The average molecular weight is 423 g/mol. The monoisotopic (exact) mass is 422 g/mol. The maximum absolute atomic E-state index is 13.1. The topological polar surface area (TPSA) is 76.5 Å². The average Bonchev–Trinajstić information content (AvgIpc) is 3.48. The molecule has 5 rings (SSSR count). The van der Waals surface area contributed by atoms with E-state index in [9.17, 15) is 9.59 Å². The molecule has 1 saturated heterocycles. The van der Waals surface area contributed by atoms with Gasteiger partial charge in [0, 0.05) is 25.0 Å². The zero-order chi connectivity index (χ0) is 21.2. The highest BCUT2D eigenvalue weighted by molar-refractivity contribution is 5.93. The van der Waals surface area contributed by atoms with Gasteiger partial charge in [-0.2, -0.15) is 0 Å². The number of piperidine rings is 1. The van der Waals surface area contributed by atoms with E-state index in [4.69, 9.17) is 4.74 Å².